The minimum absolute atomic E-state index is 0.128. The van der Waals surface area contributed by atoms with E-state index < -0.39 is 0 Å². The smallest absolute Gasteiger partial charge is 0.251 e. The first-order valence-electron chi connectivity index (χ1n) is 7.08. The Morgan fingerprint density at radius 1 is 1.40 bits per heavy atom. The molecule has 1 aromatic rings. The summed E-state index contributed by atoms with van der Waals surface area (Å²) in [6, 6.07) is 3.28. The standard InChI is InChI=1S/C15H21ClN2O2/c1-11-7-12(8-13(16)18-11)14(20)17-9-15(10-19)5-3-2-4-6-15/h7-8,19H,2-6,9-10H2,1H3,(H,17,20). The van der Waals surface area contributed by atoms with Crippen molar-refractivity contribution in [1.29, 1.82) is 0 Å². The highest BCUT2D eigenvalue weighted by Gasteiger charge is 2.31. The molecule has 110 valence electrons. The fourth-order valence-electron chi connectivity index (χ4n) is 2.82. The zero-order valence-electron chi connectivity index (χ0n) is 11.8. The number of rotatable bonds is 4. The number of aliphatic hydroxyl groups is 1. The minimum Gasteiger partial charge on any atom is -0.396 e. The number of amides is 1. The van der Waals surface area contributed by atoms with Gasteiger partial charge in [-0.15, -0.1) is 0 Å². The van der Waals surface area contributed by atoms with Gasteiger partial charge in [-0.1, -0.05) is 30.9 Å². The van der Waals surface area contributed by atoms with Crippen LogP contribution in [0.5, 0.6) is 0 Å². The van der Waals surface area contributed by atoms with E-state index in [4.69, 9.17) is 11.6 Å². The van der Waals surface area contributed by atoms with Crippen molar-refractivity contribution in [2.75, 3.05) is 13.2 Å². The number of nitrogens with one attached hydrogen (secondary N) is 1. The molecule has 1 heterocycles. The van der Waals surface area contributed by atoms with Gasteiger partial charge >= 0.3 is 0 Å². The van der Waals surface area contributed by atoms with Gasteiger partial charge in [0.15, 0.2) is 0 Å². The zero-order valence-corrected chi connectivity index (χ0v) is 12.5. The molecule has 1 fully saturated rings. The minimum atomic E-state index is -0.157. The summed E-state index contributed by atoms with van der Waals surface area (Å²) in [6.07, 6.45) is 5.40. The summed E-state index contributed by atoms with van der Waals surface area (Å²) in [7, 11) is 0. The first kappa shape index (κ1) is 15.3. The molecule has 0 radical (unpaired) electrons. The van der Waals surface area contributed by atoms with Crippen molar-refractivity contribution in [2.24, 2.45) is 5.41 Å². The van der Waals surface area contributed by atoms with E-state index in [1.165, 1.54) is 6.42 Å². The molecule has 0 atom stereocenters. The fraction of sp³-hybridized carbons (Fsp3) is 0.600. The van der Waals surface area contributed by atoms with Crippen LogP contribution in [0.1, 0.15) is 48.2 Å². The van der Waals surface area contributed by atoms with Gasteiger partial charge in [-0.25, -0.2) is 4.98 Å². The monoisotopic (exact) mass is 296 g/mol. The van der Waals surface area contributed by atoms with E-state index in [-0.39, 0.29) is 17.9 Å². The van der Waals surface area contributed by atoms with Crippen molar-refractivity contribution < 1.29 is 9.90 Å². The predicted molar refractivity (Wildman–Crippen MR) is 78.9 cm³/mol. The highest BCUT2D eigenvalue weighted by atomic mass is 35.5. The number of carbonyl (C=O) groups excluding carboxylic acids is 1. The molecular formula is C15H21ClN2O2. The molecule has 1 saturated carbocycles. The molecule has 1 aliphatic carbocycles. The normalized spacial score (nSPS) is 17.8. The molecule has 2 rings (SSSR count). The summed E-state index contributed by atoms with van der Waals surface area (Å²) >= 11 is 5.87. The Kier molecular flexibility index (Phi) is 5.00. The van der Waals surface area contributed by atoms with Crippen LogP contribution in [0.25, 0.3) is 0 Å². The molecule has 0 unspecified atom stereocenters. The lowest BCUT2D eigenvalue weighted by Crippen LogP contribution is -2.41. The second-order valence-electron chi connectivity index (χ2n) is 5.72. The van der Waals surface area contributed by atoms with Gasteiger partial charge in [-0.3, -0.25) is 4.79 Å². The van der Waals surface area contributed by atoms with Gasteiger partial charge in [0.2, 0.25) is 0 Å². The Balaban J connectivity index is 2.00. The Hall–Kier alpha value is -1.13. The van der Waals surface area contributed by atoms with E-state index >= 15 is 0 Å². The van der Waals surface area contributed by atoms with Gasteiger partial charge in [-0.2, -0.15) is 0 Å². The molecule has 2 N–H and O–H groups in total. The fourth-order valence-corrected chi connectivity index (χ4v) is 3.07. The maximum absolute atomic E-state index is 12.2. The van der Waals surface area contributed by atoms with Crippen molar-refractivity contribution in [3.63, 3.8) is 0 Å². The van der Waals surface area contributed by atoms with Gasteiger partial charge in [0.1, 0.15) is 5.15 Å². The molecule has 4 nitrogen and oxygen atoms in total. The van der Waals surface area contributed by atoms with Crippen LogP contribution in [0, 0.1) is 12.3 Å². The molecule has 5 heteroatoms. The average molecular weight is 297 g/mol. The van der Waals surface area contributed by atoms with Gasteiger partial charge in [0, 0.05) is 23.2 Å². The highest BCUT2D eigenvalue weighted by Crippen LogP contribution is 2.35. The largest absolute Gasteiger partial charge is 0.396 e. The quantitative estimate of drug-likeness (QED) is 0.840. The molecular weight excluding hydrogens is 276 g/mol. The third kappa shape index (κ3) is 3.70. The molecule has 0 aromatic carbocycles. The lowest BCUT2D eigenvalue weighted by molar-refractivity contribution is 0.0718. The van der Waals surface area contributed by atoms with E-state index in [0.717, 1.165) is 31.4 Å². The Morgan fingerprint density at radius 2 is 2.10 bits per heavy atom. The lowest BCUT2D eigenvalue weighted by Gasteiger charge is -2.35. The molecule has 0 bridgehead atoms. The number of carbonyl (C=O) groups is 1. The number of hydrogen-bond donors (Lipinski definition) is 2. The van der Waals surface area contributed by atoms with Crippen LogP contribution in [0.4, 0.5) is 0 Å². The zero-order chi connectivity index (χ0) is 14.6. The predicted octanol–water partition coefficient (Wildman–Crippen LogP) is 2.72. The molecule has 0 spiro atoms. The topological polar surface area (TPSA) is 62.2 Å². The Labute approximate surface area is 124 Å². The van der Waals surface area contributed by atoms with Crippen molar-refractivity contribution in [2.45, 2.75) is 39.0 Å². The number of pyridine rings is 1. The maximum atomic E-state index is 12.2. The Bertz CT molecular complexity index is 465. The average Bonchev–Trinajstić information content (AvgIpc) is 2.45. The first-order chi connectivity index (χ1) is 9.54. The second-order valence-corrected chi connectivity index (χ2v) is 6.11. The molecule has 0 saturated heterocycles. The van der Waals surface area contributed by atoms with E-state index in [2.05, 4.69) is 10.3 Å². The van der Waals surface area contributed by atoms with Crippen LogP contribution in [-0.4, -0.2) is 29.1 Å². The lowest BCUT2D eigenvalue weighted by atomic mass is 9.74. The summed E-state index contributed by atoms with van der Waals surface area (Å²) in [4.78, 5) is 16.2. The summed E-state index contributed by atoms with van der Waals surface area (Å²) in [5.41, 5.74) is 1.09. The molecule has 1 amide bonds. The summed E-state index contributed by atoms with van der Waals surface area (Å²) < 4.78 is 0. The summed E-state index contributed by atoms with van der Waals surface area (Å²) in [5, 5.41) is 12.9. The van der Waals surface area contributed by atoms with Gasteiger partial charge in [-0.05, 0) is 31.9 Å². The van der Waals surface area contributed by atoms with E-state index in [1.54, 1.807) is 19.1 Å². The number of nitrogens with zero attached hydrogens (tertiary/aromatic N) is 1. The van der Waals surface area contributed by atoms with Crippen molar-refractivity contribution >= 4 is 17.5 Å². The maximum Gasteiger partial charge on any atom is 0.251 e. The summed E-state index contributed by atoms with van der Waals surface area (Å²) in [6.45, 7) is 2.45. The molecule has 1 aromatic heterocycles. The van der Waals surface area contributed by atoms with Crippen molar-refractivity contribution in [1.82, 2.24) is 10.3 Å². The first-order valence-corrected chi connectivity index (χ1v) is 7.46. The van der Waals surface area contributed by atoms with Crippen LogP contribution in [0.2, 0.25) is 5.15 Å². The summed E-state index contributed by atoms with van der Waals surface area (Å²) in [5.74, 6) is -0.157. The molecule has 0 aliphatic heterocycles. The van der Waals surface area contributed by atoms with Crippen molar-refractivity contribution in [3.8, 4) is 0 Å². The SMILES string of the molecule is Cc1cc(C(=O)NCC2(CO)CCCCC2)cc(Cl)n1. The van der Waals surface area contributed by atoms with Crippen LogP contribution in [-0.2, 0) is 0 Å². The van der Waals surface area contributed by atoms with Crippen LogP contribution >= 0.6 is 11.6 Å². The number of hydrogen-bond acceptors (Lipinski definition) is 3. The third-order valence-corrected chi connectivity index (χ3v) is 4.25. The number of aliphatic hydroxyl groups excluding tert-OH is 1. The van der Waals surface area contributed by atoms with Gasteiger partial charge in [0.05, 0.1) is 6.61 Å². The number of aryl methyl sites for hydroxylation is 1. The van der Waals surface area contributed by atoms with E-state index in [9.17, 15) is 9.90 Å². The van der Waals surface area contributed by atoms with Crippen LogP contribution in [0.3, 0.4) is 0 Å². The van der Waals surface area contributed by atoms with E-state index in [1.807, 2.05) is 0 Å². The van der Waals surface area contributed by atoms with Crippen LogP contribution < -0.4 is 5.32 Å². The number of halogens is 1. The highest BCUT2D eigenvalue weighted by molar-refractivity contribution is 6.29. The van der Waals surface area contributed by atoms with E-state index in [0.29, 0.717) is 17.3 Å². The molecule has 1 aliphatic rings. The van der Waals surface area contributed by atoms with Crippen LogP contribution in [0.15, 0.2) is 12.1 Å². The third-order valence-electron chi connectivity index (χ3n) is 4.06. The van der Waals surface area contributed by atoms with Gasteiger partial charge < -0.3 is 10.4 Å². The van der Waals surface area contributed by atoms with Crippen molar-refractivity contribution in [3.05, 3.63) is 28.5 Å². The second kappa shape index (κ2) is 6.55. The van der Waals surface area contributed by atoms with Gasteiger partial charge in [0.25, 0.3) is 5.91 Å². The Morgan fingerprint density at radius 3 is 2.70 bits per heavy atom. The molecule has 20 heavy (non-hydrogen) atoms. The number of aromatic nitrogens is 1.